The fourth-order valence-electron chi connectivity index (χ4n) is 2.01. The Hall–Kier alpha value is -1.38. The predicted molar refractivity (Wildman–Crippen MR) is 67.4 cm³/mol. The van der Waals surface area contributed by atoms with E-state index >= 15 is 0 Å². The smallest absolute Gasteiger partial charge is 0.229 e. The highest BCUT2D eigenvalue weighted by Gasteiger charge is 2.44. The average Bonchev–Trinajstić information content (AvgIpc) is 2.48. The molecule has 1 aliphatic heterocycles. The zero-order valence-electron chi connectivity index (χ0n) is 10.9. The van der Waals surface area contributed by atoms with E-state index in [-0.39, 0.29) is 0 Å². The van der Waals surface area contributed by atoms with Gasteiger partial charge in [0.05, 0.1) is 13.7 Å². The summed E-state index contributed by atoms with van der Waals surface area (Å²) < 4.78 is 15.8. The number of ether oxygens (including phenoxy) is 3. The second-order valence-corrected chi connectivity index (χ2v) is 4.47. The number of rotatable bonds is 4. The number of para-hydroxylation sites is 2. The lowest BCUT2D eigenvalue weighted by Gasteiger charge is -2.39. The topological polar surface area (TPSA) is 109 Å². The highest BCUT2D eigenvalue weighted by atomic mass is 16.7. The Bertz CT molecular complexity index is 436. The van der Waals surface area contributed by atoms with Crippen LogP contribution in [0.3, 0.4) is 0 Å². The van der Waals surface area contributed by atoms with Crippen molar-refractivity contribution in [2.45, 2.75) is 30.7 Å². The fourth-order valence-corrected chi connectivity index (χ4v) is 2.01. The standard InChI is InChI=1S/C13H18O7/c1-18-7-4-2-3-5-8(7)19-13-12(17)11(16)10(15)9(6-14)20-13/h2-5,9-17H,6H2,1H3. The van der Waals surface area contributed by atoms with E-state index in [0.717, 1.165) is 0 Å². The summed E-state index contributed by atoms with van der Waals surface area (Å²) in [5, 5.41) is 38.3. The van der Waals surface area contributed by atoms with Crippen molar-refractivity contribution in [3.63, 3.8) is 0 Å². The van der Waals surface area contributed by atoms with E-state index < -0.39 is 37.3 Å². The van der Waals surface area contributed by atoms with Crippen LogP contribution in [0.25, 0.3) is 0 Å². The van der Waals surface area contributed by atoms with Crippen LogP contribution in [-0.4, -0.2) is 64.8 Å². The Balaban J connectivity index is 2.15. The third-order valence-corrected chi connectivity index (χ3v) is 3.16. The van der Waals surface area contributed by atoms with Crippen LogP contribution in [0.2, 0.25) is 0 Å². The summed E-state index contributed by atoms with van der Waals surface area (Å²) in [4.78, 5) is 0. The number of hydrogen-bond donors (Lipinski definition) is 4. The molecule has 112 valence electrons. The molecule has 0 bridgehead atoms. The van der Waals surface area contributed by atoms with Gasteiger partial charge in [0.2, 0.25) is 6.29 Å². The van der Waals surface area contributed by atoms with Gasteiger partial charge in [-0.05, 0) is 12.1 Å². The minimum absolute atomic E-state index is 0.319. The van der Waals surface area contributed by atoms with Gasteiger partial charge >= 0.3 is 0 Å². The fraction of sp³-hybridized carbons (Fsp3) is 0.538. The first-order chi connectivity index (χ1) is 9.58. The summed E-state index contributed by atoms with van der Waals surface area (Å²) in [7, 11) is 1.47. The first-order valence-corrected chi connectivity index (χ1v) is 6.18. The lowest BCUT2D eigenvalue weighted by Crippen LogP contribution is -2.60. The largest absolute Gasteiger partial charge is 0.493 e. The zero-order chi connectivity index (χ0) is 14.7. The predicted octanol–water partition coefficient (Wildman–Crippen LogP) is -1.13. The van der Waals surface area contributed by atoms with Crippen LogP contribution in [0.5, 0.6) is 11.5 Å². The lowest BCUT2D eigenvalue weighted by atomic mass is 9.99. The van der Waals surface area contributed by atoms with Gasteiger partial charge in [-0.25, -0.2) is 0 Å². The number of benzene rings is 1. The van der Waals surface area contributed by atoms with Crippen molar-refractivity contribution >= 4 is 0 Å². The van der Waals surface area contributed by atoms with Gasteiger partial charge in [0.25, 0.3) is 0 Å². The summed E-state index contributed by atoms with van der Waals surface area (Å²) >= 11 is 0. The van der Waals surface area contributed by atoms with Crippen LogP contribution >= 0.6 is 0 Å². The third-order valence-electron chi connectivity index (χ3n) is 3.16. The van der Waals surface area contributed by atoms with Crippen LogP contribution in [-0.2, 0) is 4.74 Å². The maximum Gasteiger partial charge on any atom is 0.229 e. The molecule has 0 amide bonds. The first kappa shape index (κ1) is 15.0. The Kier molecular flexibility index (Phi) is 4.79. The van der Waals surface area contributed by atoms with Gasteiger partial charge in [0, 0.05) is 0 Å². The second kappa shape index (κ2) is 6.38. The molecule has 1 fully saturated rings. The molecule has 7 nitrogen and oxygen atoms in total. The van der Waals surface area contributed by atoms with E-state index in [4.69, 9.17) is 19.3 Å². The lowest BCUT2D eigenvalue weighted by molar-refractivity contribution is -0.277. The van der Waals surface area contributed by atoms with Gasteiger partial charge in [0.1, 0.15) is 24.4 Å². The Morgan fingerprint density at radius 3 is 2.30 bits per heavy atom. The van der Waals surface area contributed by atoms with Crippen molar-refractivity contribution in [1.82, 2.24) is 0 Å². The summed E-state index contributed by atoms with van der Waals surface area (Å²) in [6.07, 6.45) is -6.55. The highest BCUT2D eigenvalue weighted by Crippen LogP contribution is 2.30. The molecular formula is C13H18O7. The van der Waals surface area contributed by atoms with Crippen molar-refractivity contribution < 1.29 is 34.6 Å². The van der Waals surface area contributed by atoms with Gasteiger partial charge in [-0.3, -0.25) is 0 Å². The first-order valence-electron chi connectivity index (χ1n) is 6.18. The average molecular weight is 286 g/mol. The minimum atomic E-state index is -1.47. The number of methoxy groups -OCH3 is 1. The third kappa shape index (κ3) is 2.87. The maximum atomic E-state index is 9.86. The molecule has 5 atom stereocenters. The van der Waals surface area contributed by atoms with Crippen LogP contribution in [0.4, 0.5) is 0 Å². The van der Waals surface area contributed by atoms with Crippen molar-refractivity contribution in [2.75, 3.05) is 13.7 Å². The van der Waals surface area contributed by atoms with Crippen LogP contribution in [0, 0.1) is 0 Å². The van der Waals surface area contributed by atoms with E-state index in [9.17, 15) is 15.3 Å². The monoisotopic (exact) mass is 286 g/mol. The summed E-state index contributed by atoms with van der Waals surface area (Å²) in [5.41, 5.74) is 0. The Labute approximate surface area is 115 Å². The molecule has 5 unspecified atom stereocenters. The van der Waals surface area contributed by atoms with Crippen LogP contribution in [0.15, 0.2) is 24.3 Å². The number of aliphatic hydroxyl groups excluding tert-OH is 4. The Morgan fingerprint density at radius 1 is 1.05 bits per heavy atom. The van der Waals surface area contributed by atoms with E-state index in [0.29, 0.717) is 11.5 Å². The minimum Gasteiger partial charge on any atom is -0.493 e. The van der Waals surface area contributed by atoms with Gasteiger partial charge in [-0.15, -0.1) is 0 Å². The molecular weight excluding hydrogens is 268 g/mol. The molecule has 7 heteroatoms. The van der Waals surface area contributed by atoms with Crippen LogP contribution in [0.1, 0.15) is 0 Å². The highest BCUT2D eigenvalue weighted by molar-refractivity contribution is 5.39. The molecule has 1 heterocycles. The van der Waals surface area contributed by atoms with Crippen molar-refractivity contribution in [3.05, 3.63) is 24.3 Å². The normalized spacial score (nSPS) is 33.8. The van der Waals surface area contributed by atoms with Gasteiger partial charge in [0.15, 0.2) is 11.5 Å². The molecule has 0 spiro atoms. The second-order valence-electron chi connectivity index (χ2n) is 4.47. The molecule has 1 aliphatic rings. The van der Waals surface area contributed by atoms with Crippen molar-refractivity contribution in [1.29, 1.82) is 0 Å². The van der Waals surface area contributed by atoms with Crippen LogP contribution < -0.4 is 9.47 Å². The molecule has 0 aliphatic carbocycles. The van der Waals surface area contributed by atoms with E-state index in [1.165, 1.54) is 7.11 Å². The molecule has 1 aromatic rings. The van der Waals surface area contributed by atoms with Gasteiger partial charge < -0.3 is 34.6 Å². The molecule has 0 saturated carbocycles. The quantitative estimate of drug-likeness (QED) is 0.555. The number of hydrogen-bond acceptors (Lipinski definition) is 7. The van der Waals surface area contributed by atoms with E-state index in [1.54, 1.807) is 24.3 Å². The molecule has 4 N–H and O–H groups in total. The van der Waals surface area contributed by atoms with E-state index in [2.05, 4.69) is 0 Å². The molecule has 0 aromatic heterocycles. The molecule has 2 rings (SSSR count). The molecule has 1 saturated heterocycles. The van der Waals surface area contributed by atoms with Crippen molar-refractivity contribution in [2.24, 2.45) is 0 Å². The summed E-state index contributed by atoms with van der Waals surface area (Å²) in [6, 6.07) is 6.74. The van der Waals surface area contributed by atoms with Gasteiger partial charge in [-0.2, -0.15) is 0 Å². The van der Waals surface area contributed by atoms with Gasteiger partial charge in [-0.1, -0.05) is 12.1 Å². The number of aliphatic hydroxyl groups is 4. The Morgan fingerprint density at radius 2 is 1.70 bits per heavy atom. The van der Waals surface area contributed by atoms with Crippen molar-refractivity contribution in [3.8, 4) is 11.5 Å². The molecule has 0 radical (unpaired) electrons. The zero-order valence-corrected chi connectivity index (χ0v) is 10.9. The SMILES string of the molecule is COc1ccccc1OC1OC(CO)C(O)C(O)C1O. The summed E-state index contributed by atoms with van der Waals surface area (Å²) in [5.74, 6) is 0.754. The van der Waals surface area contributed by atoms with E-state index in [1.807, 2.05) is 0 Å². The molecule has 20 heavy (non-hydrogen) atoms. The maximum absolute atomic E-state index is 9.86. The summed E-state index contributed by atoms with van der Waals surface area (Å²) in [6.45, 7) is -0.503. The molecule has 1 aromatic carbocycles.